The highest BCUT2D eigenvalue weighted by molar-refractivity contribution is 5.45. The molecule has 0 amide bonds. The second-order valence-electron chi connectivity index (χ2n) is 4.12. The normalized spacial score (nSPS) is 21.5. The summed E-state index contributed by atoms with van der Waals surface area (Å²) >= 11 is 0. The lowest BCUT2D eigenvalue weighted by Gasteiger charge is -2.15. The molecule has 76 valence electrons. The van der Waals surface area contributed by atoms with Gasteiger partial charge in [-0.3, -0.25) is 0 Å². The van der Waals surface area contributed by atoms with E-state index in [1.54, 1.807) is 0 Å². The smallest absolute Gasteiger partial charge is 0.125 e. The lowest BCUT2D eigenvalue weighted by molar-refractivity contribution is 0.298. The third-order valence-electron chi connectivity index (χ3n) is 3.11. The quantitative estimate of drug-likeness (QED) is 0.776. The topological polar surface area (TPSA) is 35.2 Å². The number of ether oxygens (including phenoxy) is 1. The molecule has 2 rings (SSSR count). The van der Waals surface area contributed by atoms with Crippen molar-refractivity contribution >= 4 is 0 Å². The standard InChI is InChI=1S/C12H17NO/c1-8-4-3-5-10-11(9(2)6-13)7-14-12(8)10/h3-5,9,11H,6-7,13H2,1-2H3. The van der Waals surface area contributed by atoms with Gasteiger partial charge >= 0.3 is 0 Å². The van der Waals surface area contributed by atoms with E-state index in [1.807, 2.05) is 0 Å². The predicted octanol–water partition coefficient (Wildman–Crippen LogP) is 2.07. The van der Waals surface area contributed by atoms with Gasteiger partial charge in [-0.15, -0.1) is 0 Å². The molecule has 1 aromatic carbocycles. The van der Waals surface area contributed by atoms with Gasteiger partial charge in [0.05, 0.1) is 6.61 Å². The fraction of sp³-hybridized carbons (Fsp3) is 0.500. The molecule has 1 aromatic rings. The van der Waals surface area contributed by atoms with E-state index in [2.05, 4.69) is 32.0 Å². The zero-order chi connectivity index (χ0) is 10.1. The highest BCUT2D eigenvalue weighted by Gasteiger charge is 2.28. The molecule has 1 aliphatic rings. The van der Waals surface area contributed by atoms with Crippen molar-refractivity contribution < 1.29 is 4.74 Å². The zero-order valence-electron chi connectivity index (χ0n) is 8.79. The Labute approximate surface area is 85.1 Å². The van der Waals surface area contributed by atoms with Gasteiger partial charge in [0, 0.05) is 11.5 Å². The molecule has 0 radical (unpaired) electrons. The Morgan fingerprint density at radius 3 is 3.07 bits per heavy atom. The van der Waals surface area contributed by atoms with Crippen LogP contribution < -0.4 is 10.5 Å². The number of benzene rings is 1. The van der Waals surface area contributed by atoms with Gasteiger partial charge in [0.25, 0.3) is 0 Å². The second-order valence-corrected chi connectivity index (χ2v) is 4.12. The summed E-state index contributed by atoms with van der Waals surface area (Å²) in [4.78, 5) is 0. The van der Waals surface area contributed by atoms with Crippen LogP contribution in [0.25, 0.3) is 0 Å². The van der Waals surface area contributed by atoms with Crippen LogP contribution in [0, 0.1) is 12.8 Å². The molecule has 0 bridgehead atoms. The van der Waals surface area contributed by atoms with Gasteiger partial charge in [0.2, 0.25) is 0 Å². The molecule has 14 heavy (non-hydrogen) atoms. The Bertz CT molecular complexity index is 335. The molecule has 0 saturated heterocycles. The maximum atomic E-state index is 5.71. The van der Waals surface area contributed by atoms with Crippen LogP contribution in [0.15, 0.2) is 18.2 Å². The third-order valence-corrected chi connectivity index (χ3v) is 3.11. The van der Waals surface area contributed by atoms with Crippen molar-refractivity contribution in [1.82, 2.24) is 0 Å². The Morgan fingerprint density at radius 2 is 2.36 bits per heavy atom. The summed E-state index contributed by atoms with van der Waals surface area (Å²) in [6.07, 6.45) is 0. The summed E-state index contributed by atoms with van der Waals surface area (Å²) in [6.45, 7) is 5.79. The van der Waals surface area contributed by atoms with Gasteiger partial charge in [0.15, 0.2) is 0 Å². The van der Waals surface area contributed by atoms with Gasteiger partial charge in [-0.1, -0.05) is 25.1 Å². The van der Waals surface area contributed by atoms with Crippen LogP contribution in [0.2, 0.25) is 0 Å². The largest absolute Gasteiger partial charge is 0.492 e. The Morgan fingerprint density at radius 1 is 1.57 bits per heavy atom. The molecule has 0 aromatic heterocycles. The molecule has 2 heteroatoms. The summed E-state index contributed by atoms with van der Waals surface area (Å²) in [5.74, 6) is 2.06. The molecule has 2 nitrogen and oxygen atoms in total. The molecule has 0 saturated carbocycles. The lowest BCUT2D eigenvalue weighted by atomic mass is 9.88. The molecular weight excluding hydrogens is 174 g/mol. The molecule has 2 atom stereocenters. The van der Waals surface area contributed by atoms with Gasteiger partial charge in [-0.2, -0.15) is 0 Å². The van der Waals surface area contributed by atoms with Crippen LogP contribution in [0.5, 0.6) is 5.75 Å². The number of aryl methyl sites for hydroxylation is 1. The molecule has 0 spiro atoms. The minimum absolute atomic E-state index is 0.481. The second kappa shape index (κ2) is 3.62. The first kappa shape index (κ1) is 9.53. The minimum atomic E-state index is 0.481. The van der Waals surface area contributed by atoms with Crippen molar-refractivity contribution in [1.29, 1.82) is 0 Å². The molecule has 0 fully saturated rings. The van der Waals surface area contributed by atoms with Crippen LogP contribution in [-0.2, 0) is 0 Å². The Hall–Kier alpha value is -1.02. The number of para-hydroxylation sites is 1. The first-order valence-corrected chi connectivity index (χ1v) is 5.16. The van der Waals surface area contributed by atoms with Crippen molar-refractivity contribution in [3.05, 3.63) is 29.3 Å². The highest BCUT2D eigenvalue weighted by Crippen LogP contribution is 2.39. The predicted molar refractivity (Wildman–Crippen MR) is 57.6 cm³/mol. The number of hydrogen-bond donors (Lipinski definition) is 1. The molecule has 2 N–H and O–H groups in total. The van der Waals surface area contributed by atoms with Crippen LogP contribution in [0.1, 0.15) is 24.0 Å². The van der Waals surface area contributed by atoms with Gasteiger partial charge in [0.1, 0.15) is 5.75 Å². The average molecular weight is 191 g/mol. The molecule has 1 heterocycles. The summed E-state index contributed by atoms with van der Waals surface area (Å²) in [5, 5.41) is 0. The first-order valence-electron chi connectivity index (χ1n) is 5.16. The summed E-state index contributed by atoms with van der Waals surface area (Å²) in [5.41, 5.74) is 8.26. The average Bonchev–Trinajstić information content (AvgIpc) is 2.62. The SMILES string of the molecule is Cc1cccc2c1OCC2C(C)CN. The highest BCUT2D eigenvalue weighted by atomic mass is 16.5. The van der Waals surface area contributed by atoms with Crippen molar-refractivity contribution in [2.24, 2.45) is 11.7 Å². The van der Waals surface area contributed by atoms with Crippen LogP contribution in [0.4, 0.5) is 0 Å². The maximum absolute atomic E-state index is 5.71. The number of fused-ring (bicyclic) bond motifs is 1. The molecular formula is C12H17NO. The van der Waals surface area contributed by atoms with E-state index >= 15 is 0 Å². The summed E-state index contributed by atoms with van der Waals surface area (Å²) < 4.78 is 5.71. The first-order chi connectivity index (χ1) is 6.74. The van der Waals surface area contributed by atoms with Crippen molar-refractivity contribution in [3.63, 3.8) is 0 Å². The maximum Gasteiger partial charge on any atom is 0.125 e. The molecule has 2 unspecified atom stereocenters. The monoisotopic (exact) mass is 191 g/mol. The van der Waals surface area contributed by atoms with E-state index in [1.165, 1.54) is 11.1 Å². The molecule has 0 aliphatic carbocycles. The van der Waals surface area contributed by atoms with E-state index in [4.69, 9.17) is 10.5 Å². The van der Waals surface area contributed by atoms with E-state index in [0.29, 0.717) is 11.8 Å². The van der Waals surface area contributed by atoms with Crippen molar-refractivity contribution in [2.75, 3.05) is 13.2 Å². The molecule has 1 aliphatic heterocycles. The Balaban J connectivity index is 2.35. The van der Waals surface area contributed by atoms with Crippen molar-refractivity contribution in [2.45, 2.75) is 19.8 Å². The fourth-order valence-electron chi connectivity index (χ4n) is 2.06. The van der Waals surface area contributed by atoms with E-state index in [-0.39, 0.29) is 0 Å². The van der Waals surface area contributed by atoms with E-state index in [0.717, 1.165) is 18.9 Å². The Kier molecular flexibility index (Phi) is 2.46. The van der Waals surface area contributed by atoms with Crippen LogP contribution >= 0.6 is 0 Å². The van der Waals surface area contributed by atoms with Crippen LogP contribution in [-0.4, -0.2) is 13.2 Å². The zero-order valence-corrected chi connectivity index (χ0v) is 8.79. The number of nitrogens with two attached hydrogens (primary N) is 1. The van der Waals surface area contributed by atoms with Gasteiger partial charge in [-0.25, -0.2) is 0 Å². The van der Waals surface area contributed by atoms with Crippen LogP contribution in [0.3, 0.4) is 0 Å². The number of hydrogen-bond acceptors (Lipinski definition) is 2. The van der Waals surface area contributed by atoms with E-state index < -0.39 is 0 Å². The van der Waals surface area contributed by atoms with E-state index in [9.17, 15) is 0 Å². The van der Waals surface area contributed by atoms with Crippen molar-refractivity contribution in [3.8, 4) is 5.75 Å². The summed E-state index contributed by atoms with van der Waals surface area (Å²) in [7, 11) is 0. The fourth-order valence-corrected chi connectivity index (χ4v) is 2.06. The third kappa shape index (κ3) is 1.40. The van der Waals surface area contributed by atoms with Gasteiger partial charge in [-0.05, 0) is 24.9 Å². The number of rotatable bonds is 2. The summed E-state index contributed by atoms with van der Waals surface area (Å²) in [6, 6.07) is 6.35. The minimum Gasteiger partial charge on any atom is -0.492 e. The lowest BCUT2D eigenvalue weighted by Crippen LogP contribution is -2.20. The van der Waals surface area contributed by atoms with Gasteiger partial charge < -0.3 is 10.5 Å².